The van der Waals surface area contributed by atoms with Gasteiger partial charge in [-0.15, -0.1) is 0 Å². The highest BCUT2D eigenvalue weighted by Gasteiger charge is 2.26. The molecule has 2 aliphatic rings. The van der Waals surface area contributed by atoms with E-state index in [1.54, 1.807) is 7.11 Å². The maximum Gasteiger partial charge on any atom is 0.0825 e. The number of pyridine rings is 1. The molecule has 2 aliphatic heterocycles. The number of nitrogens with zero attached hydrogens (tertiary/aromatic N) is 2. The molecule has 0 atom stereocenters. The van der Waals surface area contributed by atoms with Gasteiger partial charge in [-0.05, 0) is 30.9 Å². The van der Waals surface area contributed by atoms with Gasteiger partial charge >= 0.3 is 0 Å². The van der Waals surface area contributed by atoms with E-state index in [9.17, 15) is 0 Å². The summed E-state index contributed by atoms with van der Waals surface area (Å²) in [5, 5.41) is 0. The van der Waals surface area contributed by atoms with Crippen molar-refractivity contribution in [2.24, 2.45) is 0 Å². The Morgan fingerprint density at radius 2 is 2.00 bits per heavy atom. The Labute approximate surface area is 128 Å². The van der Waals surface area contributed by atoms with Gasteiger partial charge in [0.1, 0.15) is 0 Å². The van der Waals surface area contributed by atoms with Crippen molar-refractivity contribution in [3.63, 3.8) is 0 Å². The normalized spacial score (nSPS) is 19.2. The van der Waals surface area contributed by atoms with Gasteiger partial charge in [-0.2, -0.15) is 0 Å². The summed E-state index contributed by atoms with van der Waals surface area (Å²) in [5.74, 6) is 0.503. The maximum atomic E-state index is 5.25. The quantitative estimate of drug-likeness (QED) is 0.854. The lowest BCUT2D eigenvalue weighted by atomic mass is 10.1. The fourth-order valence-electron chi connectivity index (χ4n) is 2.45. The Hall–Kier alpha value is -0.970. The van der Waals surface area contributed by atoms with Crippen LogP contribution in [0.1, 0.15) is 44.0 Å². The zero-order valence-corrected chi connectivity index (χ0v) is 13.5. The lowest BCUT2D eigenvalue weighted by Gasteiger charge is -2.37. The van der Waals surface area contributed by atoms with E-state index in [4.69, 9.17) is 9.47 Å². The molecular weight excluding hydrogens is 264 g/mol. The van der Waals surface area contributed by atoms with Crippen LogP contribution in [0.25, 0.3) is 0 Å². The maximum absolute atomic E-state index is 5.25. The fraction of sp³-hybridized carbons (Fsp3) is 0.706. The highest BCUT2D eigenvalue weighted by molar-refractivity contribution is 5.14. The molecule has 0 aromatic carbocycles. The average Bonchev–Trinajstić information content (AvgIpc) is 3.02. The molecule has 118 valence electrons. The van der Waals surface area contributed by atoms with Crippen molar-refractivity contribution in [2.75, 3.05) is 33.4 Å². The number of hydrogen-bond acceptors (Lipinski definition) is 4. The van der Waals surface area contributed by atoms with Crippen LogP contribution in [0.5, 0.6) is 0 Å². The van der Waals surface area contributed by atoms with Crippen molar-refractivity contribution in [2.45, 2.75) is 45.3 Å². The molecule has 4 nitrogen and oxygen atoms in total. The van der Waals surface area contributed by atoms with Crippen LogP contribution < -0.4 is 0 Å². The van der Waals surface area contributed by atoms with E-state index in [-0.39, 0.29) is 0 Å². The molecule has 3 rings (SSSR count). The summed E-state index contributed by atoms with van der Waals surface area (Å²) >= 11 is 0. The molecule has 0 bridgehead atoms. The van der Waals surface area contributed by atoms with Crippen molar-refractivity contribution in [1.82, 2.24) is 9.88 Å². The number of rotatable bonds is 4. The monoisotopic (exact) mass is 292 g/mol. The summed E-state index contributed by atoms with van der Waals surface area (Å²) in [5.41, 5.74) is 2.35. The van der Waals surface area contributed by atoms with Gasteiger partial charge in [0.15, 0.2) is 0 Å². The number of hydrogen-bond donors (Lipinski definition) is 0. The van der Waals surface area contributed by atoms with Crippen molar-refractivity contribution in [3.05, 3.63) is 29.6 Å². The molecule has 0 saturated carbocycles. The van der Waals surface area contributed by atoms with Crippen LogP contribution in [0.4, 0.5) is 0 Å². The van der Waals surface area contributed by atoms with E-state index >= 15 is 0 Å². The van der Waals surface area contributed by atoms with Crippen LogP contribution in [0.2, 0.25) is 0 Å². The van der Waals surface area contributed by atoms with Gasteiger partial charge in [-0.3, -0.25) is 9.88 Å². The average molecular weight is 292 g/mol. The van der Waals surface area contributed by atoms with E-state index in [2.05, 4.69) is 41.9 Å². The minimum atomic E-state index is 0.424. The number of methoxy groups -OCH3 is 1. The Balaban J connectivity index is 0.000000272. The molecule has 4 heteroatoms. The van der Waals surface area contributed by atoms with Crippen molar-refractivity contribution in [3.8, 4) is 0 Å². The van der Waals surface area contributed by atoms with Gasteiger partial charge in [-0.25, -0.2) is 0 Å². The lowest BCUT2D eigenvalue weighted by molar-refractivity contribution is -0.0339. The molecular formula is C17H28N2O2. The fourth-order valence-corrected chi connectivity index (χ4v) is 2.45. The summed E-state index contributed by atoms with van der Waals surface area (Å²) in [6.45, 7) is 9.36. The molecule has 0 amide bonds. The number of likely N-dealkylation sites (tertiary alicyclic amines) is 1. The standard InChI is InChI=1S/C13H20N2O.C4H8O/c1-10(2)13-6-4-5-11(14-13)7-15-8-12(9-15)16-3;1-2-4-5-3-1/h4-6,10,12H,7-9H2,1-3H3;1-4H2. The Morgan fingerprint density at radius 3 is 2.52 bits per heavy atom. The van der Waals surface area contributed by atoms with E-state index in [0.717, 1.165) is 32.8 Å². The SMILES string of the molecule is C1CCOC1.COC1CN(Cc2cccc(C(C)C)n2)C1. The van der Waals surface area contributed by atoms with Crippen LogP contribution in [-0.2, 0) is 16.0 Å². The summed E-state index contributed by atoms with van der Waals surface area (Å²) in [7, 11) is 1.78. The third-order valence-electron chi connectivity index (χ3n) is 3.89. The summed E-state index contributed by atoms with van der Waals surface area (Å²) in [6, 6.07) is 6.31. The van der Waals surface area contributed by atoms with Crippen molar-refractivity contribution < 1.29 is 9.47 Å². The molecule has 1 aromatic heterocycles. The molecule has 1 aromatic rings. The Kier molecular flexibility index (Phi) is 6.61. The molecule has 2 saturated heterocycles. The van der Waals surface area contributed by atoms with Crippen LogP contribution >= 0.6 is 0 Å². The zero-order valence-electron chi connectivity index (χ0n) is 13.5. The van der Waals surface area contributed by atoms with Gasteiger partial charge in [0, 0.05) is 45.7 Å². The van der Waals surface area contributed by atoms with Crippen molar-refractivity contribution >= 4 is 0 Å². The second kappa shape index (κ2) is 8.47. The topological polar surface area (TPSA) is 34.6 Å². The first-order chi connectivity index (χ1) is 10.2. The number of ether oxygens (including phenoxy) is 2. The van der Waals surface area contributed by atoms with Crippen molar-refractivity contribution in [1.29, 1.82) is 0 Å². The zero-order chi connectivity index (χ0) is 15.1. The van der Waals surface area contributed by atoms with Gasteiger partial charge in [-0.1, -0.05) is 19.9 Å². The van der Waals surface area contributed by atoms with Gasteiger partial charge in [0.05, 0.1) is 11.8 Å². The van der Waals surface area contributed by atoms with E-state index in [1.165, 1.54) is 24.2 Å². The van der Waals surface area contributed by atoms with Crippen LogP contribution in [0, 0.1) is 0 Å². The van der Waals surface area contributed by atoms with E-state index in [0.29, 0.717) is 12.0 Å². The van der Waals surface area contributed by atoms with Crippen LogP contribution in [-0.4, -0.2) is 49.4 Å². The first-order valence-electron chi connectivity index (χ1n) is 7.97. The van der Waals surface area contributed by atoms with E-state index in [1.807, 2.05) is 0 Å². The summed E-state index contributed by atoms with van der Waals surface area (Å²) in [6.07, 6.45) is 2.98. The first kappa shape index (κ1) is 16.4. The molecule has 0 N–H and O–H groups in total. The Morgan fingerprint density at radius 1 is 1.29 bits per heavy atom. The Bertz CT molecular complexity index is 405. The lowest BCUT2D eigenvalue weighted by Crippen LogP contribution is -2.51. The second-order valence-electron chi connectivity index (χ2n) is 6.08. The molecule has 3 heterocycles. The molecule has 0 aliphatic carbocycles. The largest absolute Gasteiger partial charge is 0.381 e. The highest BCUT2D eigenvalue weighted by Crippen LogP contribution is 2.16. The predicted molar refractivity (Wildman–Crippen MR) is 84.5 cm³/mol. The number of aromatic nitrogens is 1. The molecule has 21 heavy (non-hydrogen) atoms. The molecule has 0 spiro atoms. The van der Waals surface area contributed by atoms with Crippen LogP contribution in [0.15, 0.2) is 18.2 Å². The highest BCUT2D eigenvalue weighted by atomic mass is 16.5. The summed E-state index contributed by atoms with van der Waals surface area (Å²) in [4.78, 5) is 7.02. The van der Waals surface area contributed by atoms with Gasteiger partial charge < -0.3 is 9.47 Å². The molecule has 0 radical (unpaired) electrons. The van der Waals surface area contributed by atoms with Crippen LogP contribution in [0.3, 0.4) is 0 Å². The summed E-state index contributed by atoms with van der Waals surface area (Å²) < 4.78 is 10.2. The van der Waals surface area contributed by atoms with Gasteiger partial charge in [0.2, 0.25) is 0 Å². The minimum Gasteiger partial charge on any atom is -0.381 e. The third kappa shape index (κ3) is 5.38. The smallest absolute Gasteiger partial charge is 0.0825 e. The van der Waals surface area contributed by atoms with Gasteiger partial charge in [0.25, 0.3) is 0 Å². The first-order valence-corrected chi connectivity index (χ1v) is 7.97. The molecule has 0 unspecified atom stereocenters. The second-order valence-corrected chi connectivity index (χ2v) is 6.08. The minimum absolute atomic E-state index is 0.424. The van der Waals surface area contributed by atoms with E-state index < -0.39 is 0 Å². The predicted octanol–water partition coefficient (Wildman–Crippen LogP) is 2.83. The third-order valence-corrected chi connectivity index (χ3v) is 3.89. The molecule has 2 fully saturated rings.